The Labute approximate surface area is 128 Å². The van der Waals surface area contributed by atoms with Crippen molar-refractivity contribution in [1.29, 1.82) is 0 Å². The van der Waals surface area contributed by atoms with Gasteiger partial charge < -0.3 is 19.2 Å². The number of aromatic hydroxyl groups is 1. The van der Waals surface area contributed by atoms with Crippen LogP contribution in [0.4, 0.5) is 0 Å². The Morgan fingerprint density at radius 3 is 2.64 bits per heavy atom. The monoisotopic (exact) mass is 300 g/mol. The van der Waals surface area contributed by atoms with Gasteiger partial charge in [-0.3, -0.25) is 4.79 Å². The molecule has 1 aromatic carbocycles. The molecule has 22 heavy (non-hydrogen) atoms. The Kier molecular flexibility index (Phi) is 3.50. The van der Waals surface area contributed by atoms with Crippen LogP contribution in [0.25, 0.3) is 6.08 Å². The predicted molar refractivity (Wildman–Crippen MR) is 81.0 cm³/mol. The second-order valence-electron chi connectivity index (χ2n) is 5.71. The van der Waals surface area contributed by atoms with Crippen LogP contribution in [0.5, 0.6) is 11.5 Å². The Bertz CT molecular complexity index is 771. The van der Waals surface area contributed by atoms with Gasteiger partial charge in [-0.2, -0.15) is 0 Å². The summed E-state index contributed by atoms with van der Waals surface area (Å²) in [5.74, 6) is 1.94. The van der Waals surface area contributed by atoms with Gasteiger partial charge in [0.25, 0.3) is 0 Å². The van der Waals surface area contributed by atoms with Crippen LogP contribution in [0.2, 0.25) is 0 Å². The summed E-state index contributed by atoms with van der Waals surface area (Å²) < 4.78 is 11.2. The van der Waals surface area contributed by atoms with Gasteiger partial charge in [0.2, 0.25) is 5.78 Å². The first-order valence-corrected chi connectivity index (χ1v) is 7.10. The molecular weight excluding hydrogens is 282 g/mol. The molecule has 2 N–H and O–H groups in total. The second kappa shape index (κ2) is 5.35. The van der Waals surface area contributed by atoms with Crippen molar-refractivity contribution in [2.75, 3.05) is 14.1 Å². The van der Waals surface area contributed by atoms with Crippen LogP contribution in [0, 0.1) is 6.92 Å². The molecule has 1 aliphatic heterocycles. The molecule has 5 heteroatoms. The summed E-state index contributed by atoms with van der Waals surface area (Å²) in [7, 11) is 3.94. The van der Waals surface area contributed by atoms with Crippen LogP contribution >= 0.6 is 0 Å². The van der Waals surface area contributed by atoms with Gasteiger partial charge in [-0.05, 0) is 31.2 Å². The highest BCUT2D eigenvalue weighted by atomic mass is 16.5. The maximum absolute atomic E-state index is 12.4. The lowest BCUT2D eigenvalue weighted by Crippen LogP contribution is -3.04. The maximum Gasteiger partial charge on any atom is 0.232 e. The van der Waals surface area contributed by atoms with E-state index in [-0.39, 0.29) is 17.3 Å². The average Bonchev–Trinajstić information content (AvgIpc) is 2.99. The van der Waals surface area contributed by atoms with Gasteiger partial charge in [-0.1, -0.05) is 0 Å². The predicted octanol–water partition coefficient (Wildman–Crippen LogP) is 1.55. The molecule has 0 radical (unpaired) electrons. The number of hydrogen-bond donors (Lipinski definition) is 2. The quantitative estimate of drug-likeness (QED) is 0.844. The minimum Gasteiger partial charge on any atom is -0.507 e. The Morgan fingerprint density at radius 1 is 1.23 bits per heavy atom. The molecule has 0 fully saturated rings. The number of quaternary nitrogens is 1. The third kappa shape index (κ3) is 2.51. The third-order valence-corrected chi connectivity index (χ3v) is 3.48. The molecule has 0 unspecified atom stereocenters. The second-order valence-corrected chi connectivity index (χ2v) is 5.71. The third-order valence-electron chi connectivity index (χ3n) is 3.48. The van der Waals surface area contributed by atoms with Crippen LogP contribution in [-0.2, 0) is 6.54 Å². The lowest BCUT2D eigenvalue weighted by atomic mass is 10.0. The molecule has 0 saturated carbocycles. The lowest BCUT2D eigenvalue weighted by Gasteiger charge is -2.11. The van der Waals surface area contributed by atoms with Crippen molar-refractivity contribution in [2.45, 2.75) is 13.5 Å². The van der Waals surface area contributed by atoms with Crippen molar-refractivity contribution in [1.82, 2.24) is 0 Å². The fourth-order valence-electron chi connectivity index (χ4n) is 2.48. The number of nitrogens with one attached hydrogen (secondary N) is 1. The van der Waals surface area contributed by atoms with Crippen molar-refractivity contribution >= 4 is 11.9 Å². The van der Waals surface area contributed by atoms with Crippen LogP contribution in [0.15, 0.2) is 34.4 Å². The van der Waals surface area contributed by atoms with E-state index in [1.807, 2.05) is 27.1 Å². The van der Waals surface area contributed by atoms with Gasteiger partial charge in [-0.15, -0.1) is 0 Å². The molecule has 1 aromatic heterocycles. The molecule has 1 aliphatic rings. The summed E-state index contributed by atoms with van der Waals surface area (Å²) in [5.41, 5.74) is 1.12. The largest absolute Gasteiger partial charge is 0.507 e. The molecule has 114 valence electrons. The Hall–Kier alpha value is -2.53. The highest BCUT2D eigenvalue weighted by Gasteiger charge is 2.32. The Morgan fingerprint density at radius 2 is 2.00 bits per heavy atom. The number of carbonyl (C=O) groups excluding carboxylic acids is 1. The van der Waals surface area contributed by atoms with Crippen molar-refractivity contribution in [3.8, 4) is 11.5 Å². The van der Waals surface area contributed by atoms with E-state index in [2.05, 4.69) is 0 Å². The van der Waals surface area contributed by atoms with Crippen molar-refractivity contribution in [3.05, 3.63) is 52.7 Å². The van der Waals surface area contributed by atoms with Gasteiger partial charge in [-0.25, -0.2) is 0 Å². The molecule has 3 rings (SSSR count). The molecule has 2 heterocycles. The number of phenolic OH excluding ortho intramolecular Hbond substituents is 1. The van der Waals surface area contributed by atoms with Gasteiger partial charge in [0.05, 0.1) is 25.2 Å². The summed E-state index contributed by atoms with van der Waals surface area (Å²) >= 11 is 0. The van der Waals surface area contributed by atoms with Crippen LogP contribution in [0.3, 0.4) is 0 Å². The topological polar surface area (TPSA) is 64.1 Å². The van der Waals surface area contributed by atoms with E-state index in [1.54, 1.807) is 24.3 Å². The number of phenols is 1. The molecule has 0 amide bonds. The number of benzene rings is 1. The summed E-state index contributed by atoms with van der Waals surface area (Å²) in [6.45, 7) is 2.40. The van der Waals surface area contributed by atoms with Gasteiger partial charge in [0, 0.05) is 6.08 Å². The molecular formula is C17H18NO4+. The van der Waals surface area contributed by atoms with Gasteiger partial charge >= 0.3 is 0 Å². The molecule has 0 spiro atoms. The highest BCUT2D eigenvalue weighted by molar-refractivity contribution is 6.14. The molecule has 5 nitrogen and oxygen atoms in total. The molecule has 0 bridgehead atoms. The maximum atomic E-state index is 12.4. The smallest absolute Gasteiger partial charge is 0.232 e. The number of ketones is 1. The summed E-state index contributed by atoms with van der Waals surface area (Å²) in [5, 5.41) is 10.0. The first-order chi connectivity index (χ1) is 10.5. The van der Waals surface area contributed by atoms with E-state index in [0.29, 0.717) is 29.2 Å². The number of carbonyl (C=O) groups is 1. The molecule has 0 atom stereocenters. The highest BCUT2D eigenvalue weighted by Crippen LogP contribution is 2.39. The number of fused-ring (bicyclic) bond motifs is 1. The van der Waals surface area contributed by atoms with E-state index in [0.717, 1.165) is 10.7 Å². The first-order valence-electron chi connectivity index (χ1n) is 7.10. The van der Waals surface area contributed by atoms with Crippen LogP contribution in [0.1, 0.15) is 27.4 Å². The summed E-state index contributed by atoms with van der Waals surface area (Å²) in [6.07, 6.45) is 1.58. The number of Topliss-reactive ketones (excluding diaryl/α,β-unsaturated/α-hetero) is 1. The normalized spacial score (nSPS) is 15.5. The van der Waals surface area contributed by atoms with Crippen LogP contribution in [-0.4, -0.2) is 25.0 Å². The van der Waals surface area contributed by atoms with Gasteiger partial charge in [0.1, 0.15) is 23.8 Å². The SMILES string of the molecule is Cc1ccc(/C=C2/Oc3c(ccc(O)c3C[NH+](C)C)C2=O)o1. The van der Waals surface area contributed by atoms with Crippen LogP contribution < -0.4 is 9.64 Å². The summed E-state index contributed by atoms with van der Waals surface area (Å²) in [4.78, 5) is 13.6. The number of furan rings is 1. The molecule has 0 saturated heterocycles. The fourth-order valence-corrected chi connectivity index (χ4v) is 2.48. The zero-order valence-electron chi connectivity index (χ0n) is 12.8. The zero-order chi connectivity index (χ0) is 15.9. The van der Waals surface area contributed by atoms with Crippen molar-refractivity contribution in [3.63, 3.8) is 0 Å². The van der Waals surface area contributed by atoms with Crippen molar-refractivity contribution < 1.29 is 24.0 Å². The van der Waals surface area contributed by atoms with E-state index in [1.165, 1.54) is 0 Å². The average molecular weight is 300 g/mol. The Balaban J connectivity index is 2.01. The fraction of sp³-hybridized carbons (Fsp3) is 0.235. The van der Waals surface area contributed by atoms with E-state index in [4.69, 9.17) is 9.15 Å². The number of rotatable bonds is 3. The minimum atomic E-state index is -0.195. The summed E-state index contributed by atoms with van der Waals surface area (Å²) in [6, 6.07) is 6.74. The molecule has 0 aliphatic carbocycles. The van der Waals surface area contributed by atoms with E-state index >= 15 is 0 Å². The van der Waals surface area contributed by atoms with E-state index < -0.39 is 0 Å². The molecule has 2 aromatic rings. The lowest BCUT2D eigenvalue weighted by molar-refractivity contribution is -0.872. The number of hydrogen-bond acceptors (Lipinski definition) is 4. The van der Waals surface area contributed by atoms with Gasteiger partial charge in [0.15, 0.2) is 11.5 Å². The minimum absolute atomic E-state index is 0.142. The number of aryl methyl sites for hydroxylation is 1. The van der Waals surface area contributed by atoms with E-state index in [9.17, 15) is 9.90 Å². The number of ether oxygens (including phenoxy) is 1. The van der Waals surface area contributed by atoms with Crippen molar-refractivity contribution in [2.24, 2.45) is 0 Å². The number of allylic oxidation sites excluding steroid dienone is 1. The first kappa shape index (κ1) is 14.4. The standard InChI is InChI=1S/C17H17NO4/c1-10-4-5-11(21-10)8-15-16(20)12-6-7-14(19)13(9-18(2)3)17(12)22-15/h4-8,19H,9H2,1-3H3/p+1/b15-8+. The zero-order valence-corrected chi connectivity index (χ0v) is 12.8.